The largest absolute Gasteiger partial charge is 0.375 e. The van der Waals surface area contributed by atoms with Gasteiger partial charge in [0.1, 0.15) is 0 Å². The SMILES string of the molecule is CCCNC(=O)CN(CCC)Cc1cnc(N)s1.Cl. The van der Waals surface area contributed by atoms with Gasteiger partial charge in [0, 0.05) is 24.2 Å². The number of halogens is 1. The highest BCUT2D eigenvalue weighted by Crippen LogP contribution is 2.16. The predicted octanol–water partition coefficient (Wildman–Crippen LogP) is 1.89. The number of nitrogens with zero attached hydrogens (tertiary/aromatic N) is 2. The molecule has 5 nitrogen and oxygen atoms in total. The van der Waals surface area contributed by atoms with Crippen LogP contribution in [0.3, 0.4) is 0 Å². The first-order chi connectivity index (χ1) is 8.65. The zero-order valence-corrected chi connectivity index (χ0v) is 13.1. The average molecular weight is 307 g/mol. The number of thiazole rings is 1. The van der Waals surface area contributed by atoms with E-state index < -0.39 is 0 Å². The van der Waals surface area contributed by atoms with E-state index in [9.17, 15) is 4.79 Å². The fraction of sp³-hybridized carbons (Fsp3) is 0.667. The first-order valence-corrected chi connectivity index (χ1v) is 7.16. The lowest BCUT2D eigenvalue weighted by Crippen LogP contribution is -2.37. The fourth-order valence-electron chi connectivity index (χ4n) is 1.67. The van der Waals surface area contributed by atoms with Gasteiger partial charge in [-0.1, -0.05) is 13.8 Å². The molecule has 1 aromatic rings. The zero-order chi connectivity index (χ0) is 13.4. The molecule has 0 aliphatic heterocycles. The molecule has 1 aromatic heterocycles. The number of carbonyl (C=O) groups excluding carboxylic acids is 1. The standard InChI is InChI=1S/C12H22N4OS.ClH/c1-3-5-14-11(17)9-16(6-4-2)8-10-7-15-12(13)18-10;/h7H,3-6,8-9H2,1-2H3,(H2,13,15)(H,14,17);1H. The lowest BCUT2D eigenvalue weighted by Gasteiger charge is -2.20. The van der Waals surface area contributed by atoms with Gasteiger partial charge in [-0.25, -0.2) is 4.98 Å². The smallest absolute Gasteiger partial charge is 0.234 e. The number of nitrogens with two attached hydrogens (primary N) is 1. The molecule has 3 N–H and O–H groups in total. The molecular weight excluding hydrogens is 284 g/mol. The van der Waals surface area contributed by atoms with Gasteiger partial charge in [-0.15, -0.1) is 23.7 Å². The number of rotatable bonds is 8. The maximum absolute atomic E-state index is 11.7. The summed E-state index contributed by atoms with van der Waals surface area (Å²) in [4.78, 5) is 18.9. The molecule has 110 valence electrons. The summed E-state index contributed by atoms with van der Waals surface area (Å²) in [5, 5.41) is 3.48. The van der Waals surface area contributed by atoms with Crippen molar-refractivity contribution < 1.29 is 4.79 Å². The van der Waals surface area contributed by atoms with Crippen LogP contribution in [-0.4, -0.2) is 35.4 Å². The summed E-state index contributed by atoms with van der Waals surface area (Å²) in [5.41, 5.74) is 5.60. The van der Waals surface area contributed by atoms with E-state index in [-0.39, 0.29) is 18.3 Å². The first kappa shape index (κ1) is 18.1. The van der Waals surface area contributed by atoms with E-state index in [1.807, 2.05) is 6.92 Å². The minimum Gasteiger partial charge on any atom is -0.375 e. The van der Waals surface area contributed by atoms with Crippen LogP contribution in [0.4, 0.5) is 5.13 Å². The van der Waals surface area contributed by atoms with Gasteiger partial charge >= 0.3 is 0 Å². The number of amides is 1. The van der Waals surface area contributed by atoms with Crippen molar-refractivity contribution in [3.05, 3.63) is 11.1 Å². The third-order valence-corrected chi connectivity index (χ3v) is 3.24. The minimum absolute atomic E-state index is 0. The van der Waals surface area contributed by atoms with Crippen LogP contribution in [-0.2, 0) is 11.3 Å². The van der Waals surface area contributed by atoms with Gasteiger partial charge in [0.05, 0.1) is 6.54 Å². The molecule has 1 rings (SSSR count). The molecule has 0 spiro atoms. The normalized spacial score (nSPS) is 10.3. The molecule has 0 saturated heterocycles. The third kappa shape index (κ3) is 7.34. The van der Waals surface area contributed by atoms with Gasteiger partial charge in [0.25, 0.3) is 0 Å². The molecule has 1 amide bonds. The summed E-state index contributed by atoms with van der Waals surface area (Å²) < 4.78 is 0. The highest BCUT2D eigenvalue weighted by atomic mass is 35.5. The van der Waals surface area contributed by atoms with Crippen molar-refractivity contribution >= 4 is 34.8 Å². The van der Waals surface area contributed by atoms with E-state index in [0.29, 0.717) is 11.7 Å². The summed E-state index contributed by atoms with van der Waals surface area (Å²) >= 11 is 1.48. The monoisotopic (exact) mass is 306 g/mol. The number of hydrogen-bond acceptors (Lipinski definition) is 5. The summed E-state index contributed by atoms with van der Waals surface area (Å²) in [6.07, 6.45) is 3.77. The third-order valence-electron chi connectivity index (χ3n) is 2.43. The van der Waals surface area contributed by atoms with Crippen LogP contribution in [0.2, 0.25) is 0 Å². The quantitative estimate of drug-likeness (QED) is 0.769. The van der Waals surface area contributed by atoms with Crippen LogP contribution in [0, 0.1) is 0 Å². The fourth-order valence-corrected chi connectivity index (χ4v) is 2.40. The molecule has 0 atom stereocenters. The van der Waals surface area contributed by atoms with Gasteiger partial charge in [0.2, 0.25) is 5.91 Å². The van der Waals surface area contributed by atoms with Crippen LogP contribution < -0.4 is 11.1 Å². The second kappa shape index (κ2) is 10.00. The van der Waals surface area contributed by atoms with E-state index in [0.717, 1.165) is 37.4 Å². The van der Waals surface area contributed by atoms with E-state index in [1.54, 1.807) is 6.20 Å². The zero-order valence-electron chi connectivity index (χ0n) is 11.5. The molecule has 0 aliphatic carbocycles. The molecule has 0 unspecified atom stereocenters. The molecule has 19 heavy (non-hydrogen) atoms. The first-order valence-electron chi connectivity index (χ1n) is 6.35. The lowest BCUT2D eigenvalue weighted by molar-refractivity contribution is -0.122. The van der Waals surface area contributed by atoms with Crippen molar-refractivity contribution in [2.45, 2.75) is 33.2 Å². The van der Waals surface area contributed by atoms with Gasteiger partial charge in [0.15, 0.2) is 5.13 Å². The minimum atomic E-state index is 0. The Balaban J connectivity index is 0.00000324. The summed E-state index contributed by atoms with van der Waals surface area (Å²) in [6.45, 7) is 6.97. The Hall–Kier alpha value is -0.850. The molecule has 0 aliphatic rings. The number of aromatic nitrogens is 1. The molecule has 0 bridgehead atoms. The summed E-state index contributed by atoms with van der Waals surface area (Å²) in [5.74, 6) is 0.0859. The maximum atomic E-state index is 11.7. The number of nitrogens with one attached hydrogen (secondary N) is 1. The van der Waals surface area contributed by atoms with Crippen molar-refractivity contribution in [1.82, 2.24) is 15.2 Å². The van der Waals surface area contributed by atoms with Crippen LogP contribution in [0.25, 0.3) is 0 Å². The van der Waals surface area contributed by atoms with Gasteiger partial charge in [-0.05, 0) is 19.4 Å². The number of anilines is 1. The Morgan fingerprint density at radius 2 is 2.21 bits per heavy atom. The van der Waals surface area contributed by atoms with Crippen LogP contribution in [0.1, 0.15) is 31.6 Å². The van der Waals surface area contributed by atoms with E-state index in [1.165, 1.54) is 11.3 Å². The van der Waals surface area contributed by atoms with Crippen LogP contribution >= 0.6 is 23.7 Å². The Labute approximate surface area is 125 Å². The van der Waals surface area contributed by atoms with E-state index in [2.05, 4.69) is 22.1 Å². The number of nitrogen functional groups attached to an aromatic ring is 1. The molecule has 7 heteroatoms. The van der Waals surface area contributed by atoms with Crippen molar-refractivity contribution in [1.29, 1.82) is 0 Å². The van der Waals surface area contributed by atoms with Crippen LogP contribution in [0.15, 0.2) is 6.20 Å². The Morgan fingerprint density at radius 3 is 2.74 bits per heavy atom. The number of carbonyl (C=O) groups is 1. The maximum Gasteiger partial charge on any atom is 0.234 e. The molecule has 0 fully saturated rings. The molecule has 0 radical (unpaired) electrons. The molecular formula is C12H23ClN4OS. The van der Waals surface area contributed by atoms with Gasteiger partial charge in [-0.3, -0.25) is 9.69 Å². The highest BCUT2D eigenvalue weighted by molar-refractivity contribution is 7.15. The van der Waals surface area contributed by atoms with Crippen molar-refractivity contribution in [2.75, 3.05) is 25.4 Å². The summed E-state index contributed by atoms with van der Waals surface area (Å²) in [7, 11) is 0. The van der Waals surface area contributed by atoms with Gasteiger partial charge < -0.3 is 11.1 Å². The predicted molar refractivity (Wildman–Crippen MR) is 82.6 cm³/mol. The second-order valence-electron chi connectivity index (χ2n) is 4.23. The molecule has 0 saturated carbocycles. The number of hydrogen-bond donors (Lipinski definition) is 2. The topological polar surface area (TPSA) is 71.2 Å². The van der Waals surface area contributed by atoms with Gasteiger partial charge in [-0.2, -0.15) is 0 Å². The lowest BCUT2D eigenvalue weighted by atomic mass is 10.3. The second-order valence-corrected chi connectivity index (χ2v) is 5.37. The molecule has 1 heterocycles. The molecule has 0 aromatic carbocycles. The Kier molecular flexibility index (Phi) is 9.55. The Bertz CT molecular complexity index is 372. The average Bonchev–Trinajstić information content (AvgIpc) is 2.72. The van der Waals surface area contributed by atoms with E-state index in [4.69, 9.17) is 5.73 Å². The summed E-state index contributed by atoms with van der Waals surface area (Å²) in [6, 6.07) is 0. The van der Waals surface area contributed by atoms with Crippen molar-refractivity contribution in [3.63, 3.8) is 0 Å². The highest BCUT2D eigenvalue weighted by Gasteiger charge is 2.11. The van der Waals surface area contributed by atoms with Crippen molar-refractivity contribution in [3.8, 4) is 0 Å². The van der Waals surface area contributed by atoms with Crippen LogP contribution in [0.5, 0.6) is 0 Å². The van der Waals surface area contributed by atoms with E-state index >= 15 is 0 Å². The van der Waals surface area contributed by atoms with Crippen molar-refractivity contribution in [2.24, 2.45) is 0 Å². The Morgan fingerprint density at radius 1 is 1.47 bits per heavy atom.